The van der Waals surface area contributed by atoms with Gasteiger partial charge in [-0.25, -0.2) is 14.0 Å². The Morgan fingerprint density at radius 1 is 1.03 bits per heavy atom. The summed E-state index contributed by atoms with van der Waals surface area (Å²) >= 11 is 2.17. The summed E-state index contributed by atoms with van der Waals surface area (Å²) in [5.74, 6) is 0. The van der Waals surface area contributed by atoms with Crippen LogP contribution in [-0.4, -0.2) is 111 Å². The van der Waals surface area contributed by atoms with Crippen molar-refractivity contribution in [3.05, 3.63) is 0 Å². The zero-order valence-electron chi connectivity index (χ0n) is 18.1. The van der Waals surface area contributed by atoms with Crippen molar-refractivity contribution in [1.82, 2.24) is 19.3 Å². The molecule has 29 heavy (non-hydrogen) atoms. The Bertz CT molecular complexity index is 628. The average molecular weight is 568 g/mol. The minimum absolute atomic E-state index is 0.0983. The zero-order chi connectivity index (χ0) is 21.8. The standard InChI is InChI=1S/C16H35IN4O6P2/c1-13-7-18-8-14(26-13)11-25-29(23,20(4)5)21-9-15(27-16(17)10-21)12-24-28(6,22)19(2)3/h13-16,18H,7-12H2,1-6H3. The molecule has 2 aliphatic heterocycles. The first-order valence-electron chi connectivity index (χ1n) is 9.67. The minimum atomic E-state index is -3.27. The van der Waals surface area contributed by atoms with Gasteiger partial charge in [0.1, 0.15) is 4.11 Å². The predicted molar refractivity (Wildman–Crippen MR) is 122 cm³/mol. The molecule has 0 aliphatic carbocycles. The van der Waals surface area contributed by atoms with E-state index < -0.39 is 15.2 Å². The van der Waals surface area contributed by atoms with Crippen LogP contribution in [-0.2, 0) is 27.7 Å². The number of alkyl halides is 1. The van der Waals surface area contributed by atoms with Gasteiger partial charge < -0.3 is 23.8 Å². The van der Waals surface area contributed by atoms with Gasteiger partial charge in [0.25, 0.3) is 7.52 Å². The van der Waals surface area contributed by atoms with Crippen molar-refractivity contribution >= 4 is 37.8 Å². The highest BCUT2D eigenvalue weighted by Crippen LogP contribution is 2.54. The molecular formula is C16H35IN4O6P2. The fraction of sp³-hybridized carbons (Fsp3) is 1.00. The van der Waals surface area contributed by atoms with Gasteiger partial charge in [0.05, 0.1) is 31.5 Å². The van der Waals surface area contributed by atoms with E-state index in [1.165, 1.54) is 0 Å². The normalized spacial score (nSPS) is 33.6. The summed E-state index contributed by atoms with van der Waals surface area (Å²) in [6.45, 7) is 6.26. The van der Waals surface area contributed by atoms with Crippen LogP contribution < -0.4 is 5.32 Å². The number of nitrogens with zero attached hydrogens (tertiary/aromatic N) is 3. The number of rotatable bonds is 9. The van der Waals surface area contributed by atoms with E-state index in [0.29, 0.717) is 19.6 Å². The van der Waals surface area contributed by atoms with Crippen molar-refractivity contribution in [2.75, 3.05) is 74.2 Å². The molecule has 1 N–H and O–H groups in total. The van der Waals surface area contributed by atoms with Gasteiger partial charge in [0.15, 0.2) is 0 Å². The van der Waals surface area contributed by atoms with Crippen LogP contribution in [0.2, 0.25) is 0 Å². The van der Waals surface area contributed by atoms with Gasteiger partial charge in [-0.3, -0.25) is 9.13 Å². The first kappa shape index (κ1) is 26.1. The van der Waals surface area contributed by atoms with E-state index in [9.17, 15) is 9.13 Å². The number of halogens is 1. The molecule has 172 valence electrons. The van der Waals surface area contributed by atoms with Gasteiger partial charge >= 0.3 is 7.67 Å². The molecule has 2 heterocycles. The maximum Gasteiger partial charge on any atom is 0.345 e. The van der Waals surface area contributed by atoms with Crippen molar-refractivity contribution in [2.45, 2.75) is 29.3 Å². The Balaban J connectivity index is 2.02. The fourth-order valence-electron chi connectivity index (χ4n) is 3.01. The third-order valence-corrected chi connectivity index (χ3v) is 10.2. The molecule has 0 aromatic rings. The van der Waals surface area contributed by atoms with Crippen LogP contribution in [0.5, 0.6) is 0 Å². The van der Waals surface area contributed by atoms with Gasteiger partial charge in [-0.1, -0.05) is 0 Å². The lowest BCUT2D eigenvalue weighted by atomic mass is 10.3. The van der Waals surface area contributed by atoms with E-state index in [-0.39, 0.29) is 35.6 Å². The quantitative estimate of drug-likeness (QED) is 0.253. The second-order valence-corrected chi connectivity index (χ2v) is 14.5. The lowest BCUT2D eigenvalue weighted by Gasteiger charge is -2.42. The van der Waals surface area contributed by atoms with Crippen LogP contribution in [0.15, 0.2) is 0 Å². The Morgan fingerprint density at radius 2 is 1.69 bits per heavy atom. The van der Waals surface area contributed by atoms with E-state index in [1.807, 2.05) is 11.6 Å². The second kappa shape index (κ2) is 11.1. The van der Waals surface area contributed by atoms with Crippen molar-refractivity contribution < 1.29 is 27.7 Å². The summed E-state index contributed by atoms with van der Waals surface area (Å²) in [5.41, 5.74) is 0. The largest absolute Gasteiger partial charge is 0.370 e. The lowest BCUT2D eigenvalue weighted by Crippen LogP contribution is -2.48. The van der Waals surface area contributed by atoms with Gasteiger partial charge in [-0.05, 0) is 57.7 Å². The van der Waals surface area contributed by atoms with Gasteiger partial charge in [0, 0.05) is 32.8 Å². The molecule has 0 aromatic heterocycles. The first-order valence-corrected chi connectivity index (χ1v) is 14.5. The Morgan fingerprint density at radius 3 is 2.28 bits per heavy atom. The molecule has 6 atom stereocenters. The van der Waals surface area contributed by atoms with E-state index in [0.717, 1.165) is 6.54 Å². The molecule has 0 radical (unpaired) electrons. The van der Waals surface area contributed by atoms with E-state index in [1.54, 1.807) is 44.2 Å². The van der Waals surface area contributed by atoms with Crippen LogP contribution in [0.1, 0.15) is 6.92 Å². The Labute approximate surface area is 188 Å². The van der Waals surface area contributed by atoms with Crippen LogP contribution in [0.3, 0.4) is 0 Å². The maximum absolute atomic E-state index is 13.8. The summed E-state index contributed by atoms with van der Waals surface area (Å²) in [7, 11) is 0.787. The highest BCUT2D eigenvalue weighted by molar-refractivity contribution is 14.1. The zero-order valence-corrected chi connectivity index (χ0v) is 22.1. The van der Waals surface area contributed by atoms with Crippen molar-refractivity contribution in [3.63, 3.8) is 0 Å². The number of nitrogens with one attached hydrogen (secondary N) is 1. The molecular weight excluding hydrogens is 533 g/mol. The highest BCUT2D eigenvalue weighted by Gasteiger charge is 2.42. The van der Waals surface area contributed by atoms with Crippen molar-refractivity contribution in [1.29, 1.82) is 0 Å². The summed E-state index contributed by atoms with van der Waals surface area (Å²) in [4.78, 5) is 0. The third kappa shape index (κ3) is 7.46. The molecule has 0 spiro atoms. The average Bonchev–Trinajstić information content (AvgIpc) is 2.64. The molecule has 2 fully saturated rings. The lowest BCUT2D eigenvalue weighted by molar-refractivity contribution is -0.0568. The molecule has 6 unspecified atom stereocenters. The van der Waals surface area contributed by atoms with E-state index >= 15 is 0 Å². The molecule has 2 aliphatic rings. The number of hydrogen-bond donors (Lipinski definition) is 1. The van der Waals surface area contributed by atoms with Crippen LogP contribution in [0, 0.1) is 0 Å². The summed E-state index contributed by atoms with van der Waals surface area (Å²) in [6, 6.07) is 0. The van der Waals surface area contributed by atoms with Gasteiger partial charge in [-0.15, -0.1) is 0 Å². The molecule has 2 rings (SSSR count). The first-order chi connectivity index (χ1) is 13.4. The molecule has 0 amide bonds. The second-order valence-electron chi connectivity index (χ2n) is 7.85. The SMILES string of the molecule is CC1CNCC(COP(=O)(N(C)C)N2CC(I)OC(COP(C)(=O)N(C)C)C2)O1. The van der Waals surface area contributed by atoms with Gasteiger partial charge in [0.2, 0.25) is 0 Å². The number of hydrogen-bond acceptors (Lipinski definition) is 7. The topological polar surface area (TPSA) is 92.8 Å². The maximum atomic E-state index is 13.8. The predicted octanol–water partition coefficient (Wildman–Crippen LogP) is 1.91. The molecule has 0 saturated carbocycles. The monoisotopic (exact) mass is 568 g/mol. The van der Waals surface area contributed by atoms with Gasteiger partial charge in [-0.2, -0.15) is 0 Å². The summed E-state index contributed by atoms with van der Waals surface area (Å²) in [5, 5.41) is 3.29. The fourth-order valence-corrected chi connectivity index (χ4v) is 6.89. The van der Waals surface area contributed by atoms with E-state index in [4.69, 9.17) is 18.5 Å². The molecule has 13 heteroatoms. The van der Waals surface area contributed by atoms with Crippen LogP contribution in [0.4, 0.5) is 0 Å². The summed E-state index contributed by atoms with van der Waals surface area (Å²) in [6.07, 6.45) is -0.404. The smallest absolute Gasteiger partial charge is 0.345 e. The number of ether oxygens (including phenoxy) is 2. The highest BCUT2D eigenvalue weighted by atomic mass is 127. The van der Waals surface area contributed by atoms with Crippen molar-refractivity contribution in [2.24, 2.45) is 0 Å². The third-order valence-electron chi connectivity index (χ3n) is 4.86. The Hall–Kier alpha value is 0.870. The van der Waals surface area contributed by atoms with Crippen LogP contribution >= 0.6 is 37.8 Å². The summed E-state index contributed by atoms with van der Waals surface area (Å²) < 4.78 is 54.5. The van der Waals surface area contributed by atoms with Crippen molar-refractivity contribution in [3.8, 4) is 0 Å². The molecule has 0 bridgehead atoms. The number of morpholine rings is 2. The molecule has 2 saturated heterocycles. The molecule has 10 nitrogen and oxygen atoms in total. The molecule has 0 aromatic carbocycles. The minimum Gasteiger partial charge on any atom is -0.370 e. The Kier molecular flexibility index (Phi) is 10.0. The van der Waals surface area contributed by atoms with E-state index in [2.05, 4.69) is 27.9 Å². The van der Waals surface area contributed by atoms with Crippen LogP contribution in [0.25, 0.3) is 0 Å².